The Balaban J connectivity index is 2.12. The van der Waals surface area contributed by atoms with Crippen LogP contribution in [0, 0.1) is 13.8 Å². The molecule has 0 spiro atoms. The van der Waals surface area contributed by atoms with Gasteiger partial charge in [0.1, 0.15) is 14.8 Å². The Hall–Kier alpha value is -1.80. The summed E-state index contributed by atoms with van der Waals surface area (Å²) in [5.41, 5.74) is 0.465. The van der Waals surface area contributed by atoms with Crippen molar-refractivity contribution in [3.8, 4) is 0 Å². The van der Waals surface area contributed by atoms with Gasteiger partial charge < -0.3 is 10.4 Å². The molecule has 0 fully saturated rings. The third kappa shape index (κ3) is 3.02. The minimum absolute atomic E-state index is 0.203. The molecule has 1 atom stereocenters. The minimum atomic E-state index is -0.997. The van der Waals surface area contributed by atoms with Crippen molar-refractivity contribution in [2.75, 3.05) is 0 Å². The van der Waals surface area contributed by atoms with E-state index in [0.717, 1.165) is 16.3 Å². The number of aromatic nitrogens is 2. The van der Waals surface area contributed by atoms with Gasteiger partial charge in [-0.05, 0) is 20.8 Å². The van der Waals surface area contributed by atoms with E-state index in [1.807, 2.05) is 6.92 Å². The van der Waals surface area contributed by atoms with Crippen LogP contribution in [0.25, 0.3) is 0 Å². The second-order valence-electron chi connectivity index (χ2n) is 4.21. The molecular formula is C12H13N3O3S2. The average Bonchev–Trinajstić information content (AvgIpc) is 2.95. The number of carbonyl (C=O) groups excluding carboxylic acids is 1. The molecule has 2 heterocycles. The van der Waals surface area contributed by atoms with Crippen molar-refractivity contribution in [3.05, 3.63) is 31.7 Å². The molecule has 2 rings (SSSR count). The van der Waals surface area contributed by atoms with Crippen LogP contribution in [0.3, 0.4) is 0 Å². The molecule has 2 aromatic rings. The molecule has 20 heavy (non-hydrogen) atoms. The predicted molar refractivity (Wildman–Crippen MR) is 76.5 cm³/mol. The van der Waals surface area contributed by atoms with Gasteiger partial charge in [0, 0.05) is 0 Å². The number of hydrogen-bond acceptors (Lipinski definition) is 6. The maximum Gasteiger partial charge on any atom is 0.347 e. The van der Waals surface area contributed by atoms with Gasteiger partial charge in [0.15, 0.2) is 0 Å². The molecule has 0 bridgehead atoms. The highest BCUT2D eigenvalue weighted by molar-refractivity contribution is 7.14. The van der Waals surface area contributed by atoms with E-state index >= 15 is 0 Å². The van der Waals surface area contributed by atoms with Gasteiger partial charge in [0.05, 0.1) is 22.9 Å². The largest absolute Gasteiger partial charge is 0.477 e. The topological polar surface area (TPSA) is 92.2 Å². The lowest BCUT2D eigenvalue weighted by Gasteiger charge is -2.09. The molecule has 6 nitrogen and oxygen atoms in total. The normalized spacial score (nSPS) is 12.2. The lowest BCUT2D eigenvalue weighted by Crippen LogP contribution is -2.25. The fraction of sp³-hybridized carbons (Fsp3) is 0.333. The maximum absolute atomic E-state index is 12.0. The number of nitrogens with zero attached hydrogens (tertiary/aromatic N) is 2. The van der Waals surface area contributed by atoms with E-state index in [1.54, 1.807) is 13.8 Å². The van der Waals surface area contributed by atoms with E-state index < -0.39 is 5.97 Å². The van der Waals surface area contributed by atoms with E-state index in [9.17, 15) is 9.59 Å². The first-order valence-electron chi connectivity index (χ1n) is 5.82. The van der Waals surface area contributed by atoms with Gasteiger partial charge in [-0.25, -0.2) is 14.8 Å². The highest BCUT2D eigenvalue weighted by Crippen LogP contribution is 2.24. The van der Waals surface area contributed by atoms with Gasteiger partial charge in [-0.15, -0.1) is 22.7 Å². The van der Waals surface area contributed by atoms with Gasteiger partial charge in [-0.1, -0.05) is 0 Å². The standard InChI is InChI=1S/C12H13N3O3S2/c1-5-9(12(17)18)20-11(15-5)6(2)14-10(16)8-4-13-7(3)19-8/h4,6H,1-3H3,(H,14,16)(H,17,18). The van der Waals surface area contributed by atoms with Crippen molar-refractivity contribution < 1.29 is 14.7 Å². The average molecular weight is 311 g/mol. The van der Waals surface area contributed by atoms with Crippen LogP contribution in [0.2, 0.25) is 0 Å². The van der Waals surface area contributed by atoms with Crippen molar-refractivity contribution in [3.63, 3.8) is 0 Å². The number of aryl methyl sites for hydroxylation is 2. The van der Waals surface area contributed by atoms with Crippen LogP contribution in [-0.4, -0.2) is 27.0 Å². The number of carbonyl (C=O) groups is 2. The SMILES string of the molecule is Cc1ncc(C(=O)NC(C)c2nc(C)c(C(=O)O)s2)s1. The molecule has 1 amide bonds. The lowest BCUT2D eigenvalue weighted by atomic mass is 10.3. The molecule has 0 saturated heterocycles. The Morgan fingerprint density at radius 3 is 2.55 bits per heavy atom. The molecular weight excluding hydrogens is 298 g/mol. The fourth-order valence-electron chi connectivity index (χ4n) is 1.60. The minimum Gasteiger partial charge on any atom is -0.477 e. The first-order chi connectivity index (χ1) is 9.38. The number of carboxylic acid groups (broad SMARTS) is 1. The molecule has 0 aliphatic rings. The third-order valence-electron chi connectivity index (χ3n) is 2.57. The number of nitrogens with one attached hydrogen (secondary N) is 1. The summed E-state index contributed by atoms with van der Waals surface area (Å²) in [5, 5.41) is 13.2. The van der Waals surface area contributed by atoms with E-state index in [1.165, 1.54) is 17.5 Å². The van der Waals surface area contributed by atoms with Gasteiger partial charge >= 0.3 is 5.97 Å². The van der Waals surface area contributed by atoms with Crippen molar-refractivity contribution in [1.82, 2.24) is 15.3 Å². The molecule has 0 aromatic carbocycles. The van der Waals surface area contributed by atoms with Crippen molar-refractivity contribution in [2.45, 2.75) is 26.8 Å². The zero-order valence-corrected chi connectivity index (χ0v) is 12.8. The molecule has 106 valence electrons. The van der Waals surface area contributed by atoms with Crippen LogP contribution < -0.4 is 5.32 Å². The Bertz CT molecular complexity index is 663. The van der Waals surface area contributed by atoms with Crippen molar-refractivity contribution >= 4 is 34.6 Å². The van der Waals surface area contributed by atoms with Gasteiger partial charge in [-0.3, -0.25) is 4.79 Å². The fourth-order valence-corrected chi connectivity index (χ4v) is 3.19. The van der Waals surface area contributed by atoms with E-state index in [0.29, 0.717) is 15.6 Å². The van der Waals surface area contributed by atoms with Gasteiger partial charge in [0.2, 0.25) is 0 Å². The molecule has 2 aromatic heterocycles. The van der Waals surface area contributed by atoms with Gasteiger partial charge in [0.25, 0.3) is 5.91 Å². The second kappa shape index (κ2) is 5.68. The first kappa shape index (κ1) is 14.6. The predicted octanol–water partition coefficient (Wildman–Crippen LogP) is 2.41. The Morgan fingerprint density at radius 2 is 2.05 bits per heavy atom. The first-order valence-corrected chi connectivity index (χ1v) is 7.45. The smallest absolute Gasteiger partial charge is 0.347 e. The summed E-state index contributed by atoms with van der Waals surface area (Å²) < 4.78 is 0. The quantitative estimate of drug-likeness (QED) is 0.904. The van der Waals surface area contributed by atoms with Crippen LogP contribution in [0.15, 0.2) is 6.20 Å². The molecule has 8 heteroatoms. The number of thiazole rings is 2. The third-order valence-corrected chi connectivity index (χ3v) is 4.81. The van der Waals surface area contributed by atoms with Crippen LogP contribution in [-0.2, 0) is 0 Å². The van der Waals surface area contributed by atoms with Crippen molar-refractivity contribution in [1.29, 1.82) is 0 Å². The Labute approximate surface area is 123 Å². The van der Waals surface area contributed by atoms with Crippen LogP contribution in [0.1, 0.15) is 48.0 Å². The number of amides is 1. The zero-order chi connectivity index (χ0) is 14.9. The number of hydrogen-bond donors (Lipinski definition) is 2. The zero-order valence-electron chi connectivity index (χ0n) is 11.1. The summed E-state index contributed by atoms with van der Waals surface area (Å²) in [6, 6.07) is -0.346. The second-order valence-corrected chi connectivity index (χ2v) is 6.48. The number of aromatic carboxylic acids is 1. The van der Waals surface area contributed by atoms with Crippen molar-refractivity contribution in [2.24, 2.45) is 0 Å². The number of rotatable bonds is 4. The summed E-state index contributed by atoms with van der Waals surface area (Å²) in [6.07, 6.45) is 1.53. The summed E-state index contributed by atoms with van der Waals surface area (Å²) in [5.74, 6) is -1.23. The summed E-state index contributed by atoms with van der Waals surface area (Å²) in [6.45, 7) is 5.24. The highest BCUT2D eigenvalue weighted by Gasteiger charge is 2.20. The monoisotopic (exact) mass is 311 g/mol. The van der Waals surface area contributed by atoms with E-state index in [2.05, 4.69) is 15.3 Å². The van der Waals surface area contributed by atoms with Crippen LogP contribution in [0.4, 0.5) is 0 Å². The summed E-state index contributed by atoms with van der Waals surface area (Å²) >= 11 is 2.39. The lowest BCUT2D eigenvalue weighted by molar-refractivity contribution is 0.0701. The molecule has 0 radical (unpaired) electrons. The van der Waals surface area contributed by atoms with Gasteiger partial charge in [-0.2, -0.15) is 0 Å². The molecule has 0 aliphatic heterocycles. The molecule has 0 aliphatic carbocycles. The molecule has 0 saturated carbocycles. The summed E-state index contributed by atoms with van der Waals surface area (Å²) in [4.78, 5) is 31.9. The van der Waals surface area contributed by atoms with Crippen LogP contribution in [0.5, 0.6) is 0 Å². The Morgan fingerprint density at radius 1 is 1.35 bits per heavy atom. The molecule has 2 N–H and O–H groups in total. The number of carboxylic acids is 1. The Kier molecular flexibility index (Phi) is 4.15. The highest BCUT2D eigenvalue weighted by atomic mass is 32.1. The maximum atomic E-state index is 12.0. The molecule has 1 unspecified atom stereocenters. The summed E-state index contributed by atoms with van der Waals surface area (Å²) in [7, 11) is 0. The van der Waals surface area contributed by atoms with E-state index in [4.69, 9.17) is 5.11 Å². The van der Waals surface area contributed by atoms with E-state index in [-0.39, 0.29) is 16.8 Å². The van der Waals surface area contributed by atoms with Crippen LogP contribution >= 0.6 is 22.7 Å².